The molecule has 4 saturated carbocycles. The maximum Gasteiger partial charge on any atom is 0.315 e. The van der Waals surface area contributed by atoms with E-state index in [1.165, 1.54) is 0 Å². The third-order valence-corrected chi connectivity index (χ3v) is 15.4. The van der Waals surface area contributed by atoms with Gasteiger partial charge in [-0.3, -0.25) is 19.2 Å². The number of urea groups is 1. The molecular formula is C39H63N5O8S. The fourth-order valence-electron chi connectivity index (χ4n) is 9.21. The zero-order valence-electron chi connectivity index (χ0n) is 32.5. The zero-order chi connectivity index (χ0) is 38.3. The van der Waals surface area contributed by atoms with Crippen molar-refractivity contribution >= 4 is 39.4 Å². The maximum atomic E-state index is 14.9. The standard InChI is InChI=1S/C39H63N5O8S/c1-37(2,3)53(50,51)23-39(18-10-7-11-19-39)43-36(49)42-30(25-12-8-6-9-13-25)35(48)44-22-29-27(21-38(4,5)52-29)31(44)33(46)41-28(20-24-14-15-24)32(45)34(47)40-26-16-17-26/h24-31H,6-23H2,1-5H3,(H,40,47)(H,41,46)(H2,42,43,49)/t27-,28?,29-,30-,31-/m0/s1. The minimum atomic E-state index is -3.57. The summed E-state index contributed by atoms with van der Waals surface area (Å²) in [6.45, 7) is 9.11. The number of likely N-dealkylation sites (tertiary alicyclic amines) is 1. The van der Waals surface area contributed by atoms with E-state index in [0.29, 0.717) is 25.7 Å². The molecule has 4 aliphatic carbocycles. The lowest BCUT2D eigenvalue weighted by atomic mass is 9.82. The van der Waals surface area contributed by atoms with Gasteiger partial charge in [-0.05, 0) is 97.8 Å². The van der Waals surface area contributed by atoms with E-state index < -0.39 is 73.6 Å². The molecule has 0 aromatic carbocycles. The molecule has 5 atom stereocenters. The third kappa shape index (κ3) is 9.56. The quantitative estimate of drug-likeness (QED) is 0.205. The van der Waals surface area contributed by atoms with Gasteiger partial charge in [0.25, 0.3) is 5.91 Å². The first-order chi connectivity index (χ1) is 24.9. The number of carbonyl (C=O) groups is 5. The van der Waals surface area contributed by atoms with Gasteiger partial charge in [-0.25, -0.2) is 13.2 Å². The molecule has 0 aromatic rings. The predicted molar refractivity (Wildman–Crippen MR) is 199 cm³/mol. The number of nitrogens with one attached hydrogen (secondary N) is 4. The van der Waals surface area contributed by atoms with Crippen LogP contribution in [-0.2, 0) is 33.8 Å². The highest BCUT2D eigenvalue weighted by molar-refractivity contribution is 7.92. The second-order valence-electron chi connectivity index (χ2n) is 18.8. The number of ether oxygens (including phenoxy) is 1. The first-order valence-electron chi connectivity index (χ1n) is 20.3. The van der Waals surface area contributed by atoms with Crippen LogP contribution < -0.4 is 21.3 Å². The number of hydrogen-bond donors (Lipinski definition) is 4. The Labute approximate surface area is 315 Å². The van der Waals surface area contributed by atoms with Gasteiger partial charge in [0.1, 0.15) is 12.1 Å². The number of Topliss-reactive ketones (excluding diaryl/α,β-unsaturated/α-hetero) is 1. The third-order valence-electron chi connectivity index (χ3n) is 12.6. The van der Waals surface area contributed by atoms with Gasteiger partial charge in [0.15, 0.2) is 9.84 Å². The highest BCUT2D eigenvalue weighted by Crippen LogP contribution is 2.44. The lowest BCUT2D eigenvalue weighted by molar-refractivity contribution is -0.144. The largest absolute Gasteiger partial charge is 0.370 e. The van der Waals surface area contributed by atoms with Crippen molar-refractivity contribution in [1.29, 1.82) is 0 Å². The van der Waals surface area contributed by atoms with E-state index in [4.69, 9.17) is 4.74 Å². The van der Waals surface area contributed by atoms with E-state index in [1.54, 1.807) is 25.7 Å². The van der Waals surface area contributed by atoms with Crippen molar-refractivity contribution in [3.63, 3.8) is 0 Å². The van der Waals surface area contributed by atoms with Gasteiger partial charge in [-0.2, -0.15) is 0 Å². The van der Waals surface area contributed by atoms with Crippen molar-refractivity contribution < 1.29 is 37.1 Å². The zero-order valence-corrected chi connectivity index (χ0v) is 33.3. The summed E-state index contributed by atoms with van der Waals surface area (Å²) < 4.78 is 32.3. The number of fused-ring (bicyclic) bond motifs is 1. The van der Waals surface area contributed by atoms with Crippen LogP contribution in [0.15, 0.2) is 0 Å². The van der Waals surface area contributed by atoms with E-state index in [0.717, 1.165) is 77.0 Å². The normalized spacial score (nSPS) is 28.3. The first kappa shape index (κ1) is 39.9. The highest BCUT2D eigenvalue weighted by atomic mass is 32.2. The molecule has 2 saturated heterocycles. The molecule has 2 heterocycles. The molecule has 298 valence electrons. The van der Waals surface area contributed by atoms with E-state index in [-0.39, 0.29) is 42.0 Å². The number of nitrogens with zero attached hydrogens (tertiary/aromatic N) is 1. The van der Waals surface area contributed by atoms with Crippen molar-refractivity contribution in [3.8, 4) is 0 Å². The van der Waals surface area contributed by atoms with Crippen LogP contribution in [-0.4, -0.2) is 101 Å². The molecule has 2 aliphatic heterocycles. The van der Waals surface area contributed by atoms with Gasteiger partial charge in [0.05, 0.1) is 33.8 Å². The van der Waals surface area contributed by atoms with Gasteiger partial charge >= 0.3 is 6.03 Å². The summed E-state index contributed by atoms with van der Waals surface area (Å²) in [5.41, 5.74) is -1.46. The van der Waals surface area contributed by atoms with Crippen LogP contribution in [0.1, 0.15) is 137 Å². The first-order valence-corrected chi connectivity index (χ1v) is 22.0. The molecule has 53 heavy (non-hydrogen) atoms. The van der Waals surface area contributed by atoms with Crippen molar-refractivity contribution in [3.05, 3.63) is 0 Å². The van der Waals surface area contributed by atoms with Gasteiger partial charge in [-0.15, -0.1) is 0 Å². The van der Waals surface area contributed by atoms with Crippen molar-refractivity contribution in [2.24, 2.45) is 17.8 Å². The average molecular weight is 762 g/mol. The summed E-state index contributed by atoms with van der Waals surface area (Å²) in [4.78, 5) is 71.2. The van der Waals surface area contributed by atoms with Crippen LogP contribution in [0.2, 0.25) is 0 Å². The molecule has 14 heteroatoms. The Hall–Kier alpha value is -2.74. The van der Waals surface area contributed by atoms with Crippen LogP contribution in [0.3, 0.4) is 0 Å². The minimum absolute atomic E-state index is 0.00241. The summed E-state index contributed by atoms with van der Waals surface area (Å²) in [6.07, 6.45) is 11.9. The number of sulfone groups is 1. The Balaban J connectivity index is 1.24. The number of hydrogen-bond acceptors (Lipinski definition) is 8. The van der Waals surface area contributed by atoms with Crippen LogP contribution in [0.4, 0.5) is 4.79 Å². The summed E-state index contributed by atoms with van der Waals surface area (Å²) in [5, 5.41) is 11.8. The van der Waals surface area contributed by atoms with E-state index >= 15 is 0 Å². The van der Waals surface area contributed by atoms with Crippen LogP contribution in [0.5, 0.6) is 0 Å². The van der Waals surface area contributed by atoms with E-state index in [2.05, 4.69) is 21.3 Å². The summed E-state index contributed by atoms with van der Waals surface area (Å²) in [6, 6.07) is -3.45. The van der Waals surface area contributed by atoms with Crippen LogP contribution in [0.25, 0.3) is 0 Å². The van der Waals surface area contributed by atoms with E-state index in [1.807, 2.05) is 13.8 Å². The van der Waals surface area contributed by atoms with Gasteiger partial charge < -0.3 is 30.9 Å². The SMILES string of the molecule is CC1(C)C[C@H]2[C@H](CN(C(=O)[C@@H](NC(=O)NC3(CS(=O)(=O)C(C)(C)C)CCCCC3)C3CCCCC3)[C@@H]2C(=O)NC(CC2CC2)C(=O)C(=O)NC2CC2)O1. The molecule has 6 rings (SSSR count). The fourth-order valence-corrected chi connectivity index (χ4v) is 10.7. The summed E-state index contributed by atoms with van der Waals surface area (Å²) in [5.74, 6) is -2.62. The van der Waals surface area contributed by atoms with Crippen LogP contribution in [0, 0.1) is 17.8 Å². The summed E-state index contributed by atoms with van der Waals surface area (Å²) in [7, 11) is -3.57. The number of ketones is 1. The second-order valence-corrected chi connectivity index (χ2v) is 21.5. The van der Waals surface area contributed by atoms with Gasteiger partial charge in [-0.1, -0.05) is 51.4 Å². The monoisotopic (exact) mass is 761 g/mol. The average Bonchev–Trinajstić information content (AvgIpc) is 4.01. The van der Waals surface area contributed by atoms with Gasteiger partial charge in [0.2, 0.25) is 17.6 Å². The Kier molecular flexibility index (Phi) is 11.6. The Morgan fingerprint density at radius 3 is 2.11 bits per heavy atom. The molecule has 0 radical (unpaired) electrons. The lowest BCUT2D eigenvalue weighted by Gasteiger charge is -2.41. The molecule has 0 aromatic heterocycles. The van der Waals surface area contributed by atoms with Crippen LogP contribution >= 0.6 is 0 Å². The van der Waals surface area contributed by atoms with Gasteiger partial charge in [0, 0.05) is 18.5 Å². The molecule has 6 aliphatic rings. The lowest BCUT2D eigenvalue weighted by Crippen LogP contribution is -2.63. The molecule has 0 spiro atoms. The summed E-state index contributed by atoms with van der Waals surface area (Å²) >= 11 is 0. The Bertz CT molecular complexity index is 1520. The number of rotatable bonds is 13. The van der Waals surface area contributed by atoms with Crippen molar-refractivity contribution in [1.82, 2.24) is 26.2 Å². The highest BCUT2D eigenvalue weighted by Gasteiger charge is 2.57. The Morgan fingerprint density at radius 1 is 0.868 bits per heavy atom. The molecule has 0 bridgehead atoms. The topological polar surface area (TPSA) is 180 Å². The van der Waals surface area contributed by atoms with E-state index in [9.17, 15) is 32.4 Å². The molecule has 5 amide bonds. The van der Waals surface area contributed by atoms with Crippen molar-refractivity contribution in [2.75, 3.05) is 12.3 Å². The smallest absolute Gasteiger partial charge is 0.315 e. The molecule has 6 fully saturated rings. The second kappa shape index (κ2) is 15.4. The Morgan fingerprint density at radius 2 is 1.51 bits per heavy atom. The van der Waals surface area contributed by atoms with Crippen molar-refractivity contribution in [2.45, 2.75) is 184 Å². The number of carbonyl (C=O) groups excluding carboxylic acids is 5. The molecule has 13 nitrogen and oxygen atoms in total. The minimum Gasteiger partial charge on any atom is -0.370 e. The molecule has 4 N–H and O–H groups in total. The number of amides is 5. The molecule has 1 unspecified atom stereocenters. The fraction of sp³-hybridized carbons (Fsp3) is 0.872. The maximum absolute atomic E-state index is 14.9. The molecular weight excluding hydrogens is 699 g/mol. The predicted octanol–water partition coefficient (Wildman–Crippen LogP) is 3.68.